The molecule has 1 aliphatic rings. The van der Waals surface area contributed by atoms with Crippen molar-refractivity contribution in [1.29, 1.82) is 0 Å². The van der Waals surface area contributed by atoms with Crippen molar-refractivity contribution in [2.24, 2.45) is 0 Å². The molecule has 5 nitrogen and oxygen atoms in total. The average Bonchev–Trinajstić information content (AvgIpc) is 2.66. The van der Waals surface area contributed by atoms with E-state index in [2.05, 4.69) is 57.4 Å². The van der Waals surface area contributed by atoms with Gasteiger partial charge in [0, 0.05) is 13.1 Å². The first-order valence-electron chi connectivity index (χ1n) is 6.16. The van der Waals surface area contributed by atoms with Crippen molar-refractivity contribution in [2.45, 2.75) is 26.1 Å². The molecule has 1 aliphatic heterocycles. The quantitative estimate of drug-likeness (QED) is 0.759. The molecule has 2 atom stereocenters. The van der Waals surface area contributed by atoms with Gasteiger partial charge in [0.25, 0.3) is 0 Å². The van der Waals surface area contributed by atoms with Crippen molar-refractivity contribution >= 4 is 55.9 Å². The number of nitrogen functional groups attached to an aromatic ring is 1. The Morgan fingerprint density at radius 3 is 2.74 bits per heavy atom. The van der Waals surface area contributed by atoms with Crippen LogP contribution in [0.5, 0.6) is 0 Å². The smallest absolute Gasteiger partial charge is 0.222 e. The van der Waals surface area contributed by atoms with Crippen molar-refractivity contribution in [1.82, 2.24) is 9.97 Å². The number of ether oxygens (including phenoxy) is 1. The van der Waals surface area contributed by atoms with E-state index in [1.165, 1.54) is 2.88 Å². The van der Waals surface area contributed by atoms with Gasteiger partial charge < -0.3 is 15.4 Å². The van der Waals surface area contributed by atoms with Gasteiger partial charge in [-0.3, -0.25) is 0 Å². The zero-order chi connectivity index (χ0) is 13.6. The summed E-state index contributed by atoms with van der Waals surface area (Å²) in [4.78, 5) is 11.0. The molecule has 2 N–H and O–H groups in total. The van der Waals surface area contributed by atoms with Crippen LogP contribution in [0.25, 0.3) is 10.2 Å². The number of rotatable bonds is 1. The lowest BCUT2D eigenvalue weighted by atomic mass is 10.2. The second-order valence-electron chi connectivity index (χ2n) is 4.83. The molecule has 0 radical (unpaired) electrons. The fourth-order valence-electron chi connectivity index (χ4n) is 2.47. The fraction of sp³-hybridized carbons (Fsp3) is 0.500. The van der Waals surface area contributed by atoms with Gasteiger partial charge in [-0.15, -0.1) is 11.3 Å². The molecule has 0 saturated carbocycles. The molecule has 2 aromatic rings. The molecular formula is C12H15IN4OS. The minimum atomic E-state index is 0.203. The average molecular weight is 390 g/mol. The van der Waals surface area contributed by atoms with E-state index in [1.807, 2.05) is 0 Å². The summed E-state index contributed by atoms with van der Waals surface area (Å²) in [7, 11) is 0. The van der Waals surface area contributed by atoms with E-state index in [4.69, 9.17) is 10.5 Å². The highest BCUT2D eigenvalue weighted by atomic mass is 127. The Balaban J connectivity index is 2.08. The molecule has 0 bridgehead atoms. The molecule has 2 aromatic heterocycles. The minimum Gasteiger partial charge on any atom is -0.372 e. The standard InChI is InChI=1S/C12H15IN4OS/c1-6-4-17(5-7(2)18-6)11-10-8(3-9(13)19-10)15-12(14)16-11/h3,6-7H,4-5H2,1-2H3,(H2,14,15,16)/t6-,7-/m1/s1. The zero-order valence-electron chi connectivity index (χ0n) is 10.8. The summed E-state index contributed by atoms with van der Waals surface area (Å²) in [6, 6.07) is 2.05. The van der Waals surface area contributed by atoms with Gasteiger partial charge in [-0.05, 0) is 42.5 Å². The highest BCUT2D eigenvalue weighted by molar-refractivity contribution is 14.1. The Bertz CT molecular complexity index is 607. The highest BCUT2D eigenvalue weighted by Crippen LogP contribution is 2.34. The van der Waals surface area contributed by atoms with Gasteiger partial charge in [-0.25, -0.2) is 4.98 Å². The maximum absolute atomic E-state index is 5.83. The number of halogens is 1. The summed E-state index contributed by atoms with van der Waals surface area (Å²) in [6.45, 7) is 5.85. The van der Waals surface area contributed by atoms with E-state index >= 15 is 0 Å². The summed E-state index contributed by atoms with van der Waals surface area (Å²) in [5, 5.41) is 0. The largest absolute Gasteiger partial charge is 0.372 e. The number of morpholine rings is 1. The number of hydrogen-bond donors (Lipinski definition) is 1. The van der Waals surface area contributed by atoms with E-state index < -0.39 is 0 Å². The normalized spacial score (nSPS) is 24.1. The lowest BCUT2D eigenvalue weighted by Crippen LogP contribution is -2.46. The summed E-state index contributed by atoms with van der Waals surface area (Å²) in [6.07, 6.45) is 0.406. The first kappa shape index (κ1) is 13.3. The Hall–Kier alpha value is -0.670. The Morgan fingerprint density at radius 2 is 2.05 bits per heavy atom. The Labute approximate surface area is 129 Å². The van der Waals surface area contributed by atoms with Crippen LogP contribution in [-0.4, -0.2) is 35.3 Å². The lowest BCUT2D eigenvalue weighted by Gasteiger charge is -2.36. The van der Waals surface area contributed by atoms with E-state index in [0.717, 1.165) is 29.1 Å². The molecule has 3 rings (SSSR count). The van der Waals surface area contributed by atoms with Crippen LogP contribution in [0.15, 0.2) is 6.07 Å². The molecule has 0 unspecified atom stereocenters. The van der Waals surface area contributed by atoms with Gasteiger partial charge in [0.15, 0.2) is 5.82 Å². The molecule has 0 spiro atoms. The molecular weight excluding hydrogens is 375 g/mol. The number of aromatic nitrogens is 2. The van der Waals surface area contributed by atoms with Crippen molar-refractivity contribution in [3.8, 4) is 0 Å². The topological polar surface area (TPSA) is 64.3 Å². The van der Waals surface area contributed by atoms with Crippen molar-refractivity contribution < 1.29 is 4.74 Å². The van der Waals surface area contributed by atoms with Gasteiger partial charge >= 0.3 is 0 Å². The summed E-state index contributed by atoms with van der Waals surface area (Å²) in [5.74, 6) is 1.28. The zero-order valence-corrected chi connectivity index (χ0v) is 13.7. The lowest BCUT2D eigenvalue weighted by molar-refractivity contribution is -0.00535. The third-order valence-corrected chi connectivity index (χ3v) is 4.94. The second kappa shape index (κ2) is 5.02. The molecule has 0 amide bonds. The molecule has 19 heavy (non-hydrogen) atoms. The molecule has 3 heterocycles. The van der Waals surface area contributed by atoms with Gasteiger partial charge in [-0.2, -0.15) is 4.98 Å². The molecule has 7 heteroatoms. The number of thiophene rings is 1. The van der Waals surface area contributed by atoms with E-state index in [1.54, 1.807) is 11.3 Å². The summed E-state index contributed by atoms with van der Waals surface area (Å²) >= 11 is 4.01. The maximum Gasteiger partial charge on any atom is 0.222 e. The molecule has 1 saturated heterocycles. The number of anilines is 2. The van der Waals surface area contributed by atoms with Crippen LogP contribution in [0.2, 0.25) is 0 Å². The van der Waals surface area contributed by atoms with Crippen LogP contribution in [0.3, 0.4) is 0 Å². The monoisotopic (exact) mass is 390 g/mol. The van der Waals surface area contributed by atoms with Crippen LogP contribution in [0.4, 0.5) is 11.8 Å². The number of nitrogens with zero attached hydrogens (tertiary/aromatic N) is 3. The number of nitrogens with two attached hydrogens (primary N) is 1. The summed E-state index contributed by atoms with van der Waals surface area (Å²) in [5.41, 5.74) is 6.77. The van der Waals surface area contributed by atoms with Gasteiger partial charge in [0.05, 0.1) is 25.3 Å². The van der Waals surface area contributed by atoms with Gasteiger partial charge in [0.2, 0.25) is 5.95 Å². The van der Waals surface area contributed by atoms with Crippen LogP contribution in [-0.2, 0) is 4.74 Å². The predicted octanol–water partition coefficient (Wildman–Crippen LogP) is 2.49. The SMILES string of the molecule is C[C@@H]1CN(c2nc(N)nc3cc(I)sc23)C[C@@H](C)O1. The van der Waals surface area contributed by atoms with E-state index in [-0.39, 0.29) is 12.2 Å². The second-order valence-corrected chi connectivity index (χ2v) is 7.78. The maximum atomic E-state index is 5.83. The fourth-order valence-corrected chi connectivity index (χ4v) is 4.26. The first-order chi connectivity index (χ1) is 9.02. The predicted molar refractivity (Wildman–Crippen MR) is 86.8 cm³/mol. The first-order valence-corrected chi connectivity index (χ1v) is 8.05. The van der Waals surface area contributed by atoms with Crippen LogP contribution < -0.4 is 10.6 Å². The van der Waals surface area contributed by atoms with E-state index in [0.29, 0.717) is 5.95 Å². The van der Waals surface area contributed by atoms with Crippen molar-refractivity contribution in [2.75, 3.05) is 23.7 Å². The van der Waals surface area contributed by atoms with Crippen LogP contribution in [0, 0.1) is 2.88 Å². The number of fused-ring (bicyclic) bond motifs is 1. The molecule has 102 valence electrons. The Morgan fingerprint density at radius 1 is 1.37 bits per heavy atom. The van der Waals surface area contributed by atoms with E-state index in [9.17, 15) is 0 Å². The molecule has 0 aliphatic carbocycles. The van der Waals surface area contributed by atoms with Crippen molar-refractivity contribution in [3.05, 3.63) is 8.95 Å². The minimum absolute atomic E-state index is 0.203. The third-order valence-electron chi connectivity index (χ3n) is 3.06. The highest BCUT2D eigenvalue weighted by Gasteiger charge is 2.25. The van der Waals surface area contributed by atoms with Gasteiger partial charge in [-0.1, -0.05) is 0 Å². The summed E-state index contributed by atoms with van der Waals surface area (Å²) < 4.78 is 8.08. The van der Waals surface area contributed by atoms with Gasteiger partial charge in [0.1, 0.15) is 0 Å². The molecule has 0 aromatic carbocycles. The van der Waals surface area contributed by atoms with Crippen LogP contribution in [0.1, 0.15) is 13.8 Å². The molecule has 1 fully saturated rings. The Kier molecular flexibility index (Phi) is 3.52. The van der Waals surface area contributed by atoms with Crippen LogP contribution >= 0.6 is 33.9 Å². The van der Waals surface area contributed by atoms with Crippen molar-refractivity contribution in [3.63, 3.8) is 0 Å². The third kappa shape index (κ3) is 2.63. The number of hydrogen-bond acceptors (Lipinski definition) is 6.